The molecule has 0 atom stereocenters. The molecule has 0 aliphatic carbocycles. The molecular formula is C16H12Cl2N2O3S. The number of amides is 1. The van der Waals surface area contributed by atoms with E-state index in [9.17, 15) is 9.59 Å². The van der Waals surface area contributed by atoms with E-state index in [2.05, 4.69) is 10.3 Å². The van der Waals surface area contributed by atoms with Gasteiger partial charge in [-0.05, 0) is 60.3 Å². The average molecular weight is 383 g/mol. The van der Waals surface area contributed by atoms with Crippen LogP contribution in [0.3, 0.4) is 0 Å². The predicted molar refractivity (Wildman–Crippen MR) is 98.0 cm³/mol. The second-order valence-electron chi connectivity index (χ2n) is 4.40. The zero-order valence-electron chi connectivity index (χ0n) is 12.2. The van der Waals surface area contributed by atoms with Gasteiger partial charge in [0.1, 0.15) is 5.75 Å². The molecule has 0 bridgehead atoms. The van der Waals surface area contributed by atoms with E-state index in [1.807, 2.05) is 0 Å². The summed E-state index contributed by atoms with van der Waals surface area (Å²) in [5.41, 5.74) is 1.14. The minimum Gasteiger partial charge on any atom is -0.484 e. The largest absolute Gasteiger partial charge is 0.484 e. The molecule has 24 heavy (non-hydrogen) atoms. The number of hydrogen-bond acceptors (Lipinski definition) is 5. The van der Waals surface area contributed by atoms with Crippen LogP contribution in [0.1, 0.15) is 0 Å². The van der Waals surface area contributed by atoms with E-state index in [4.69, 9.17) is 27.9 Å². The van der Waals surface area contributed by atoms with Gasteiger partial charge in [-0.2, -0.15) is 0 Å². The van der Waals surface area contributed by atoms with Crippen molar-refractivity contribution in [3.05, 3.63) is 58.6 Å². The summed E-state index contributed by atoms with van der Waals surface area (Å²) in [7, 11) is 0. The van der Waals surface area contributed by atoms with E-state index >= 15 is 0 Å². The van der Waals surface area contributed by atoms with Gasteiger partial charge in [-0.1, -0.05) is 23.2 Å². The molecule has 0 heterocycles. The second-order valence-corrected chi connectivity index (χ2v) is 6.09. The van der Waals surface area contributed by atoms with Crippen molar-refractivity contribution in [1.29, 1.82) is 0 Å². The van der Waals surface area contributed by atoms with Crippen molar-refractivity contribution in [3.8, 4) is 5.75 Å². The lowest BCUT2D eigenvalue weighted by Crippen LogP contribution is -2.32. The van der Waals surface area contributed by atoms with Crippen LogP contribution in [-0.4, -0.2) is 23.3 Å². The summed E-state index contributed by atoms with van der Waals surface area (Å²) in [5, 5.41) is 3.82. The minimum absolute atomic E-state index is 0.150. The molecule has 0 fully saturated rings. The van der Waals surface area contributed by atoms with Crippen molar-refractivity contribution >= 4 is 57.3 Å². The molecular weight excluding hydrogens is 371 g/mol. The maximum absolute atomic E-state index is 11.9. The van der Waals surface area contributed by atoms with Crippen LogP contribution >= 0.6 is 35.0 Å². The summed E-state index contributed by atoms with van der Waals surface area (Å²) in [6, 6.07) is 13.3. The highest BCUT2D eigenvalue weighted by molar-refractivity contribution is 8.24. The molecule has 1 N–H and O–H groups in total. The third-order valence-corrected chi connectivity index (χ3v) is 3.66. The van der Waals surface area contributed by atoms with Crippen LogP contribution in [-0.2, 0) is 9.59 Å². The summed E-state index contributed by atoms with van der Waals surface area (Å²) in [6.45, 7) is -0.222. The molecule has 0 unspecified atom stereocenters. The number of benzene rings is 2. The smallest absolute Gasteiger partial charge is 0.263 e. The molecule has 0 spiro atoms. The summed E-state index contributed by atoms with van der Waals surface area (Å²) < 4.78 is 5.33. The molecule has 2 aromatic rings. The van der Waals surface area contributed by atoms with E-state index in [0.717, 1.165) is 11.8 Å². The zero-order chi connectivity index (χ0) is 17.4. The van der Waals surface area contributed by atoms with Crippen LogP contribution in [0.15, 0.2) is 53.5 Å². The molecule has 0 saturated heterocycles. The Balaban J connectivity index is 1.96. The number of aliphatic imine (C=N–C) groups is 1. The van der Waals surface area contributed by atoms with Crippen LogP contribution in [0.25, 0.3) is 0 Å². The Bertz CT molecular complexity index is 734. The molecule has 124 valence electrons. The summed E-state index contributed by atoms with van der Waals surface area (Å²) in [6.07, 6.45) is 0. The summed E-state index contributed by atoms with van der Waals surface area (Å²) >= 11 is 12.3. The minimum atomic E-state index is -0.438. The Kier molecular flexibility index (Phi) is 7.11. The van der Waals surface area contributed by atoms with Gasteiger partial charge in [-0.3, -0.25) is 9.59 Å². The van der Waals surface area contributed by atoms with Crippen LogP contribution in [0.4, 0.5) is 5.69 Å². The number of nitrogens with zero attached hydrogens (tertiary/aromatic N) is 1. The summed E-state index contributed by atoms with van der Waals surface area (Å²) in [4.78, 5) is 26.8. The third-order valence-electron chi connectivity index (χ3n) is 2.65. The normalized spacial score (nSPS) is 11.0. The van der Waals surface area contributed by atoms with Gasteiger partial charge in [-0.25, -0.2) is 4.99 Å². The van der Waals surface area contributed by atoms with Crippen molar-refractivity contribution in [1.82, 2.24) is 5.32 Å². The van der Waals surface area contributed by atoms with Gasteiger partial charge >= 0.3 is 0 Å². The lowest BCUT2D eigenvalue weighted by Gasteiger charge is -2.08. The van der Waals surface area contributed by atoms with Gasteiger partial charge in [0.15, 0.2) is 17.4 Å². The van der Waals surface area contributed by atoms with Gasteiger partial charge in [0, 0.05) is 10.0 Å². The van der Waals surface area contributed by atoms with E-state index in [1.165, 1.54) is 0 Å². The highest BCUT2D eigenvalue weighted by Crippen LogP contribution is 2.18. The first-order valence-corrected chi connectivity index (χ1v) is 8.33. The van der Waals surface area contributed by atoms with Gasteiger partial charge in [0.05, 0.1) is 5.69 Å². The standard InChI is InChI=1S/C16H12Cl2N2O3S/c17-11-1-5-13(6-2-11)19-16(24-10-21)20-15(22)9-23-14-7-3-12(18)4-8-14/h1-8,10H,9H2,(H,19,20,22). The molecule has 0 aliphatic rings. The van der Waals surface area contributed by atoms with Gasteiger partial charge in [0.2, 0.25) is 0 Å². The lowest BCUT2D eigenvalue weighted by molar-refractivity contribution is -0.121. The first kappa shape index (κ1) is 18.3. The summed E-state index contributed by atoms with van der Waals surface area (Å²) in [5.74, 6) is 0.0702. The fourth-order valence-corrected chi connectivity index (χ4v) is 2.27. The quantitative estimate of drug-likeness (QED) is 0.480. The van der Waals surface area contributed by atoms with Crippen molar-refractivity contribution in [3.63, 3.8) is 0 Å². The Morgan fingerprint density at radius 3 is 2.25 bits per heavy atom. The van der Waals surface area contributed by atoms with E-state index in [0.29, 0.717) is 27.1 Å². The molecule has 0 radical (unpaired) electrons. The van der Waals surface area contributed by atoms with Crippen LogP contribution < -0.4 is 10.1 Å². The maximum atomic E-state index is 11.9. The fourth-order valence-electron chi connectivity index (χ4n) is 1.60. The van der Waals surface area contributed by atoms with E-state index < -0.39 is 5.91 Å². The Morgan fingerprint density at radius 2 is 1.67 bits per heavy atom. The maximum Gasteiger partial charge on any atom is 0.263 e. The Labute approximate surface area is 153 Å². The number of hydrogen-bond donors (Lipinski definition) is 1. The highest BCUT2D eigenvalue weighted by atomic mass is 35.5. The van der Waals surface area contributed by atoms with Crippen LogP contribution in [0.2, 0.25) is 10.0 Å². The second kappa shape index (κ2) is 9.32. The lowest BCUT2D eigenvalue weighted by atomic mass is 10.3. The monoisotopic (exact) mass is 382 g/mol. The molecule has 1 amide bonds. The Morgan fingerprint density at radius 1 is 1.08 bits per heavy atom. The van der Waals surface area contributed by atoms with Crippen LogP contribution in [0.5, 0.6) is 5.75 Å². The van der Waals surface area contributed by atoms with Gasteiger partial charge < -0.3 is 10.1 Å². The fraction of sp³-hybridized carbons (Fsp3) is 0.0625. The third kappa shape index (κ3) is 6.23. The molecule has 5 nitrogen and oxygen atoms in total. The van der Waals surface area contributed by atoms with Crippen molar-refractivity contribution in [2.45, 2.75) is 0 Å². The first-order valence-electron chi connectivity index (χ1n) is 6.69. The van der Waals surface area contributed by atoms with E-state index in [1.54, 1.807) is 48.5 Å². The van der Waals surface area contributed by atoms with Crippen molar-refractivity contribution in [2.24, 2.45) is 4.99 Å². The number of halogens is 2. The van der Waals surface area contributed by atoms with E-state index in [-0.39, 0.29) is 11.8 Å². The van der Waals surface area contributed by atoms with Gasteiger partial charge in [-0.15, -0.1) is 0 Å². The number of carbonyl (C=O) groups excluding carboxylic acids is 2. The number of nitrogens with one attached hydrogen (secondary N) is 1. The van der Waals surface area contributed by atoms with Crippen molar-refractivity contribution < 1.29 is 14.3 Å². The number of amidine groups is 1. The predicted octanol–water partition coefficient (Wildman–Crippen LogP) is 4.10. The molecule has 0 aromatic heterocycles. The van der Waals surface area contributed by atoms with Gasteiger partial charge in [0.25, 0.3) is 5.91 Å². The average Bonchev–Trinajstić information content (AvgIpc) is 2.57. The zero-order valence-corrected chi connectivity index (χ0v) is 14.6. The topological polar surface area (TPSA) is 67.8 Å². The first-order chi connectivity index (χ1) is 11.6. The number of thioether (sulfide) groups is 1. The van der Waals surface area contributed by atoms with Crippen LogP contribution in [0, 0.1) is 0 Å². The highest BCUT2D eigenvalue weighted by Gasteiger charge is 2.08. The number of ether oxygens (including phenoxy) is 1. The Hall–Kier alpha value is -2.02. The molecule has 0 aliphatic heterocycles. The SMILES string of the molecule is O=CSC(=Nc1ccc(Cl)cc1)NC(=O)COc1ccc(Cl)cc1. The molecule has 0 saturated carbocycles. The number of rotatable bonds is 5. The molecule has 2 rings (SSSR count). The molecule has 8 heteroatoms. The molecule has 2 aromatic carbocycles. The van der Waals surface area contributed by atoms with Crippen molar-refractivity contribution in [2.75, 3.05) is 6.61 Å². The number of carbonyl (C=O) groups is 2.